The summed E-state index contributed by atoms with van der Waals surface area (Å²) in [5, 5.41) is 0. The van der Waals surface area contributed by atoms with E-state index in [1.54, 1.807) is 0 Å². The maximum absolute atomic E-state index is 5.87. The molecule has 0 radical (unpaired) electrons. The predicted octanol–water partition coefficient (Wildman–Crippen LogP) is 4.50. The highest BCUT2D eigenvalue weighted by atomic mass is 16.5. The van der Waals surface area contributed by atoms with Crippen molar-refractivity contribution in [2.24, 2.45) is 5.73 Å². The van der Waals surface area contributed by atoms with Crippen LogP contribution in [0.5, 0.6) is 11.5 Å². The maximum Gasteiger partial charge on any atom is 0.161 e. The Bertz CT molecular complexity index is 393. The minimum absolute atomic E-state index is 0.553. The van der Waals surface area contributed by atoms with Crippen LogP contribution < -0.4 is 15.2 Å². The third-order valence-corrected chi connectivity index (χ3v) is 3.61. The van der Waals surface area contributed by atoms with Gasteiger partial charge in [-0.05, 0) is 62.3 Å². The Kier molecular flexibility index (Phi) is 8.91. The minimum Gasteiger partial charge on any atom is -0.490 e. The van der Waals surface area contributed by atoms with E-state index in [1.165, 1.54) is 5.56 Å². The molecule has 1 unspecified atom stereocenters. The summed E-state index contributed by atoms with van der Waals surface area (Å²) in [7, 11) is 0. The molecule has 0 aliphatic heterocycles. The van der Waals surface area contributed by atoms with Crippen molar-refractivity contribution in [2.75, 3.05) is 19.8 Å². The zero-order valence-corrected chi connectivity index (χ0v) is 13.9. The van der Waals surface area contributed by atoms with Gasteiger partial charge in [0, 0.05) is 0 Å². The van der Waals surface area contributed by atoms with Crippen LogP contribution in [0.25, 0.3) is 0 Å². The minimum atomic E-state index is 0.553. The third kappa shape index (κ3) is 5.96. The van der Waals surface area contributed by atoms with Gasteiger partial charge in [-0.25, -0.2) is 0 Å². The molecule has 0 bridgehead atoms. The van der Waals surface area contributed by atoms with E-state index < -0.39 is 0 Å². The number of ether oxygens (including phenoxy) is 2. The summed E-state index contributed by atoms with van der Waals surface area (Å²) in [6, 6.07) is 6.39. The van der Waals surface area contributed by atoms with Gasteiger partial charge < -0.3 is 15.2 Å². The summed E-state index contributed by atoms with van der Waals surface area (Å²) >= 11 is 0. The van der Waals surface area contributed by atoms with Gasteiger partial charge in [0.05, 0.1) is 13.2 Å². The van der Waals surface area contributed by atoms with Gasteiger partial charge in [-0.2, -0.15) is 0 Å². The van der Waals surface area contributed by atoms with Gasteiger partial charge in [0.15, 0.2) is 11.5 Å². The van der Waals surface area contributed by atoms with Crippen molar-refractivity contribution in [3.8, 4) is 11.5 Å². The molecule has 1 aromatic carbocycles. The van der Waals surface area contributed by atoms with Crippen molar-refractivity contribution in [3.05, 3.63) is 23.8 Å². The van der Waals surface area contributed by atoms with E-state index in [0.29, 0.717) is 5.92 Å². The van der Waals surface area contributed by atoms with Crippen LogP contribution in [0.15, 0.2) is 18.2 Å². The lowest BCUT2D eigenvalue weighted by molar-refractivity contribution is 0.268. The van der Waals surface area contributed by atoms with Crippen LogP contribution in [0.3, 0.4) is 0 Å². The van der Waals surface area contributed by atoms with Crippen LogP contribution in [0.1, 0.15) is 64.4 Å². The molecule has 0 saturated carbocycles. The normalized spacial score (nSPS) is 12.2. The van der Waals surface area contributed by atoms with Crippen LogP contribution in [0.2, 0.25) is 0 Å². The largest absolute Gasteiger partial charge is 0.490 e. The molecule has 3 heteroatoms. The Labute approximate surface area is 129 Å². The van der Waals surface area contributed by atoms with E-state index in [0.717, 1.165) is 63.4 Å². The highest BCUT2D eigenvalue weighted by Gasteiger charge is 2.13. The molecular formula is C18H31NO2. The molecule has 1 aromatic rings. The zero-order chi connectivity index (χ0) is 15.5. The fraction of sp³-hybridized carbons (Fsp3) is 0.667. The lowest BCUT2D eigenvalue weighted by atomic mass is 9.91. The molecule has 0 amide bonds. The fourth-order valence-corrected chi connectivity index (χ4v) is 2.41. The smallest absolute Gasteiger partial charge is 0.161 e. The SMILES string of the molecule is CCCOc1ccc(C(CC)CCCN)cc1OCCC. The van der Waals surface area contributed by atoms with Crippen molar-refractivity contribution in [1.29, 1.82) is 0 Å². The highest BCUT2D eigenvalue weighted by Crippen LogP contribution is 2.34. The molecule has 1 atom stereocenters. The van der Waals surface area contributed by atoms with E-state index in [-0.39, 0.29) is 0 Å². The number of rotatable bonds is 11. The van der Waals surface area contributed by atoms with E-state index >= 15 is 0 Å². The second kappa shape index (κ2) is 10.5. The second-order valence-corrected chi connectivity index (χ2v) is 5.44. The summed E-state index contributed by atoms with van der Waals surface area (Å²) in [6.07, 6.45) is 5.33. The van der Waals surface area contributed by atoms with Gasteiger partial charge in [0.25, 0.3) is 0 Å². The van der Waals surface area contributed by atoms with Gasteiger partial charge in [0.2, 0.25) is 0 Å². The van der Waals surface area contributed by atoms with E-state index in [2.05, 4.69) is 39.0 Å². The van der Waals surface area contributed by atoms with Crippen molar-refractivity contribution in [1.82, 2.24) is 0 Å². The summed E-state index contributed by atoms with van der Waals surface area (Å²) in [5.74, 6) is 2.30. The van der Waals surface area contributed by atoms with Gasteiger partial charge in [-0.3, -0.25) is 0 Å². The molecule has 0 spiro atoms. The van der Waals surface area contributed by atoms with E-state index in [1.807, 2.05) is 0 Å². The van der Waals surface area contributed by atoms with Gasteiger partial charge >= 0.3 is 0 Å². The zero-order valence-electron chi connectivity index (χ0n) is 13.9. The molecule has 3 nitrogen and oxygen atoms in total. The first-order valence-corrected chi connectivity index (χ1v) is 8.36. The second-order valence-electron chi connectivity index (χ2n) is 5.44. The molecule has 0 heterocycles. The van der Waals surface area contributed by atoms with Crippen LogP contribution in [0.4, 0.5) is 0 Å². The number of benzene rings is 1. The number of hydrogen-bond acceptors (Lipinski definition) is 3. The molecule has 1 rings (SSSR count). The van der Waals surface area contributed by atoms with Gasteiger partial charge in [-0.1, -0.05) is 26.8 Å². The van der Waals surface area contributed by atoms with Crippen molar-refractivity contribution in [2.45, 2.75) is 58.8 Å². The van der Waals surface area contributed by atoms with Crippen LogP contribution in [-0.4, -0.2) is 19.8 Å². The number of nitrogens with two attached hydrogens (primary N) is 1. The average molecular weight is 293 g/mol. The van der Waals surface area contributed by atoms with Crippen molar-refractivity contribution >= 4 is 0 Å². The van der Waals surface area contributed by atoms with Crippen LogP contribution in [0, 0.1) is 0 Å². The molecule has 120 valence electrons. The molecule has 0 fully saturated rings. The molecule has 21 heavy (non-hydrogen) atoms. The highest BCUT2D eigenvalue weighted by molar-refractivity contribution is 5.44. The Hall–Kier alpha value is -1.22. The van der Waals surface area contributed by atoms with Crippen LogP contribution in [-0.2, 0) is 0 Å². The number of hydrogen-bond donors (Lipinski definition) is 1. The monoisotopic (exact) mass is 293 g/mol. The van der Waals surface area contributed by atoms with E-state index in [4.69, 9.17) is 15.2 Å². The van der Waals surface area contributed by atoms with Crippen molar-refractivity contribution in [3.63, 3.8) is 0 Å². The Morgan fingerprint density at radius 2 is 1.67 bits per heavy atom. The lowest BCUT2D eigenvalue weighted by Crippen LogP contribution is -2.06. The van der Waals surface area contributed by atoms with Crippen LogP contribution >= 0.6 is 0 Å². The standard InChI is InChI=1S/C18H31NO2/c1-4-12-20-17-10-9-16(14-18(17)21-13-5-2)15(6-3)8-7-11-19/h9-10,14-15H,4-8,11-13,19H2,1-3H3. The topological polar surface area (TPSA) is 44.5 Å². The first-order valence-electron chi connectivity index (χ1n) is 8.36. The first-order chi connectivity index (χ1) is 10.3. The maximum atomic E-state index is 5.87. The molecular weight excluding hydrogens is 262 g/mol. The van der Waals surface area contributed by atoms with Gasteiger partial charge in [-0.15, -0.1) is 0 Å². The van der Waals surface area contributed by atoms with Gasteiger partial charge in [0.1, 0.15) is 0 Å². The Morgan fingerprint density at radius 3 is 2.24 bits per heavy atom. The Balaban J connectivity index is 2.89. The van der Waals surface area contributed by atoms with Crippen molar-refractivity contribution < 1.29 is 9.47 Å². The third-order valence-electron chi connectivity index (χ3n) is 3.61. The first kappa shape index (κ1) is 17.8. The quantitative estimate of drug-likeness (QED) is 0.653. The summed E-state index contributed by atoms with van der Waals surface area (Å²) in [6.45, 7) is 8.67. The average Bonchev–Trinajstić information content (AvgIpc) is 2.52. The molecule has 0 aromatic heterocycles. The Morgan fingerprint density at radius 1 is 1.00 bits per heavy atom. The molecule has 0 aliphatic carbocycles. The fourth-order valence-electron chi connectivity index (χ4n) is 2.41. The summed E-state index contributed by atoms with van der Waals surface area (Å²) < 4.78 is 11.7. The molecule has 2 N–H and O–H groups in total. The predicted molar refractivity (Wildman–Crippen MR) is 89.3 cm³/mol. The summed E-state index contributed by atoms with van der Waals surface area (Å²) in [5.41, 5.74) is 6.97. The summed E-state index contributed by atoms with van der Waals surface area (Å²) in [4.78, 5) is 0. The molecule has 0 saturated heterocycles. The molecule has 0 aliphatic rings. The van der Waals surface area contributed by atoms with E-state index in [9.17, 15) is 0 Å². The lowest BCUT2D eigenvalue weighted by Gasteiger charge is -2.18.